The van der Waals surface area contributed by atoms with Crippen LogP contribution in [0.5, 0.6) is 0 Å². The molecule has 3 heteroatoms. The minimum absolute atomic E-state index is 0.492. The van der Waals surface area contributed by atoms with Gasteiger partial charge in [0.2, 0.25) is 0 Å². The Balaban J connectivity index is 1.59. The largest absolute Gasteiger partial charge is 0.378 e. The quantitative estimate of drug-likeness (QED) is 0.829. The molecule has 0 aromatic rings. The number of thioether (sulfide) groups is 1. The molecule has 0 bridgehead atoms. The predicted octanol–water partition coefficient (Wildman–Crippen LogP) is 3.99. The molecule has 0 aromatic carbocycles. The minimum Gasteiger partial charge on any atom is -0.378 e. The maximum absolute atomic E-state index is 6.06. The van der Waals surface area contributed by atoms with Crippen molar-refractivity contribution in [1.29, 1.82) is 0 Å². The predicted molar refractivity (Wildman–Crippen MR) is 87.4 cm³/mol. The van der Waals surface area contributed by atoms with Crippen LogP contribution in [0, 0.1) is 5.41 Å². The molecule has 0 radical (unpaired) electrons. The van der Waals surface area contributed by atoms with E-state index >= 15 is 0 Å². The van der Waals surface area contributed by atoms with Crippen LogP contribution in [0.25, 0.3) is 0 Å². The summed E-state index contributed by atoms with van der Waals surface area (Å²) in [6.07, 6.45) is 15.3. The van der Waals surface area contributed by atoms with Gasteiger partial charge >= 0.3 is 0 Å². The SMILES string of the molecule is CCOC1CC(NC2CCC(SC)C2)C12CCCCC2. The molecule has 3 rings (SSSR count). The molecule has 3 saturated carbocycles. The van der Waals surface area contributed by atoms with Crippen LogP contribution < -0.4 is 5.32 Å². The van der Waals surface area contributed by atoms with Gasteiger partial charge in [-0.3, -0.25) is 0 Å². The fraction of sp³-hybridized carbons (Fsp3) is 1.00. The summed E-state index contributed by atoms with van der Waals surface area (Å²) >= 11 is 2.06. The standard InChI is InChI=1S/C17H31NOS/c1-3-19-16-12-15(17(16)9-5-4-6-10-17)18-13-7-8-14(11-13)20-2/h13-16,18H,3-12H2,1-2H3. The maximum atomic E-state index is 6.06. The lowest BCUT2D eigenvalue weighted by molar-refractivity contribution is -0.152. The molecule has 3 aliphatic carbocycles. The first-order valence-corrected chi connectivity index (χ1v) is 9.97. The van der Waals surface area contributed by atoms with E-state index in [4.69, 9.17) is 4.74 Å². The summed E-state index contributed by atoms with van der Waals surface area (Å²) in [5.41, 5.74) is 0.492. The summed E-state index contributed by atoms with van der Waals surface area (Å²) < 4.78 is 6.06. The molecule has 0 heterocycles. The van der Waals surface area contributed by atoms with Crippen LogP contribution in [0.4, 0.5) is 0 Å². The monoisotopic (exact) mass is 297 g/mol. The Labute approximate surface area is 128 Å². The summed E-state index contributed by atoms with van der Waals surface area (Å²) in [7, 11) is 0. The van der Waals surface area contributed by atoms with E-state index in [0.717, 1.165) is 23.9 Å². The van der Waals surface area contributed by atoms with E-state index in [9.17, 15) is 0 Å². The lowest BCUT2D eigenvalue weighted by atomic mass is 9.55. The van der Waals surface area contributed by atoms with E-state index in [2.05, 4.69) is 30.3 Å². The van der Waals surface area contributed by atoms with Crippen molar-refractivity contribution in [2.75, 3.05) is 12.9 Å². The second-order valence-electron chi connectivity index (χ2n) is 7.06. The Bertz CT molecular complexity index is 316. The minimum atomic E-state index is 0.492. The first-order chi connectivity index (χ1) is 9.78. The second kappa shape index (κ2) is 6.58. The summed E-state index contributed by atoms with van der Waals surface area (Å²) in [6, 6.07) is 1.52. The molecule has 20 heavy (non-hydrogen) atoms. The summed E-state index contributed by atoms with van der Waals surface area (Å²) in [5.74, 6) is 0. The van der Waals surface area contributed by atoms with Crippen LogP contribution in [0.1, 0.15) is 64.7 Å². The Morgan fingerprint density at radius 3 is 2.60 bits per heavy atom. The van der Waals surface area contributed by atoms with Gasteiger partial charge in [-0.15, -0.1) is 0 Å². The average Bonchev–Trinajstić information content (AvgIpc) is 2.95. The van der Waals surface area contributed by atoms with Crippen molar-refractivity contribution in [3.8, 4) is 0 Å². The van der Waals surface area contributed by atoms with Crippen LogP contribution in [-0.4, -0.2) is 36.3 Å². The van der Waals surface area contributed by atoms with Crippen LogP contribution in [0.15, 0.2) is 0 Å². The number of nitrogens with one attached hydrogen (secondary N) is 1. The van der Waals surface area contributed by atoms with Gasteiger partial charge in [-0.25, -0.2) is 0 Å². The Kier molecular flexibility index (Phi) is 4.99. The molecule has 116 valence electrons. The van der Waals surface area contributed by atoms with Gasteiger partial charge in [0.05, 0.1) is 6.10 Å². The molecule has 3 fully saturated rings. The molecular formula is C17H31NOS. The van der Waals surface area contributed by atoms with E-state index in [1.54, 1.807) is 0 Å². The molecule has 0 aliphatic heterocycles. The average molecular weight is 298 g/mol. The Morgan fingerprint density at radius 2 is 1.95 bits per heavy atom. The smallest absolute Gasteiger partial charge is 0.0661 e. The van der Waals surface area contributed by atoms with Gasteiger partial charge in [0.25, 0.3) is 0 Å². The van der Waals surface area contributed by atoms with Gasteiger partial charge in [0, 0.05) is 29.4 Å². The molecule has 0 aromatic heterocycles. The fourth-order valence-electron chi connectivity index (χ4n) is 4.89. The molecule has 4 unspecified atom stereocenters. The molecule has 1 N–H and O–H groups in total. The van der Waals surface area contributed by atoms with E-state index in [-0.39, 0.29) is 0 Å². The summed E-state index contributed by atoms with van der Waals surface area (Å²) in [6.45, 7) is 3.04. The van der Waals surface area contributed by atoms with Crippen molar-refractivity contribution in [2.45, 2.75) is 88.1 Å². The molecule has 4 atom stereocenters. The zero-order valence-electron chi connectivity index (χ0n) is 13.2. The highest BCUT2D eigenvalue weighted by Crippen LogP contribution is 2.53. The first kappa shape index (κ1) is 15.2. The fourth-order valence-corrected chi connectivity index (χ4v) is 5.68. The van der Waals surface area contributed by atoms with Crippen molar-refractivity contribution in [1.82, 2.24) is 5.32 Å². The lowest BCUT2D eigenvalue weighted by Gasteiger charge is -2.58. The van der Waals surface area contributed by atoms with Crippen molar-refractivity contribution in [3.63, 3.8) is 0 Å². The van der Waals surface area contributed by atoms with Gasteiger partial charge in [0.15, 0.2) is 0 Å². The third-order valence-electron chi connectivity index (χ3n) is 6.09. The summed E-state index contributed by atoms with van der Waals surface area (Å²) in [5, 5.41) is 4.94. The molecule has 1 spiro atoms. The highest BCUT2D eigenvalue weighted by atomic mass is 32.2. The molecule has 0 saturated heterocycles. The second-order valence-corrected chi connectivity index (χ2v) is 8.20. The van der Waals surface area contributed by atoms with Crippen LogP contribution >= 0.6 is 11.8 Å². The normalized spacial score (nSPS) is 39.9. The van der Waals surface area contributed by atoms with Gasteiger partial charge in [-0.1, -0.05) is 19.3 Å². The third kappa shape index (κ3) is 2.78. The van der Waals surface area contributed by atoms with Gasteiger partial charge in [-0.05, 0) is 51.7 Å². The van der Waals surface area contributed by atoms with Crippen molar-refractivity contribution >= 4 is 11.8 Å². The van der Waals surface area contributed by atoms with Crippen molar-refractivity contribution < 1.29 is 4.74 Å². The number of ether oxygens (including phenoxy) is 1. The van der Waals surface area contributed by atoms with E-state index in [1.165, 1.54) is 57.8 Å². The van der Waals surface area contributed by atoms with Crippen LogP contribution in [-0.2, 0) is 4.74 Å². The van der Waals surface area contributed by atoms with Crippen LogP contribution in [0.3, 0.4) is 0 Å². The van der Waals surface area contributed by atoms with Crippen molar-refractivity contribution in [3.05, 3.63) is 0 Å². The van der Waals surface area contributed by atoms with Gasteiger partial charge < -0.3 is 10.1 Å². The van der Waals surface area contributed by atoms with E-state index < -0.39 is 0 Å². The zero-order chi connectivity index (χ0) is 14.0. The Hall–Kier alpha value is 0.270. The lowest BCUT2D eigenvalue weighted by Crippen LogP contribution is -2.65. The Morgan fingerprint density at radius 1 is 1.15 bits per heavy atom. The van der Waals surface area contributed by atoms with Gasteiger partial charge in [0.1, 0.15) is 0 Å². The number of hydrogen-bond acceptors (Lipinski definition) is 3. The molecule has 2 nitrogen and oxygen atoms in total. The van der Waals surface area contributed by atoms with Crippen LogP contribution in [0.2, 0.25) is 0 Å². The topological polar surface area (TPSA) is 21.3 Å². The van der Waals surface area contributed by atoms with E-state index in [1.807, 2.05) is 0 Å². The molecule has 3 aliphatic rings. The molecular weight excluding hydrogens is 266 g/mol. The number of hydrogen-bond donors (Lipinski definition) is 1. The zero-order valence-corrected chi connectivity index (χ0v) is 14.0. The highest BCUT2D eigenvalue weighted by molar-refractivity contribution is 7.99. The number of rotatable bonds is 5. The van der Waals surface area contributed by atoms with Crippen molar-refractivity contribution in [2.24, 2.45) is 5.41 Å². The van der Waals surface area contributed by atoms with E-state index in [0.29, 0.717) is 11.5 Å². The van der Waals surface area contributed by atoms with Gasteiger partial charge in [-0.2, -0.15) is 11.8 Å². The maximum Gasteiger partial charge on any atom is 0.0661 e. The highest BCUT2D eigenvalue weighted by Gasteiger charge is 2.55. The molecule has 0 amide bonds. The summed E-state index contributed by atoms with van der Waals surface area (Å²) in [4.78, 5) is 0. The third-order valence-corrected chi connectivity index (χ3v) is 7.19. The first-order valence-electron chi connectivity index (χ1n) is 8.69.